The summed E-state index contributed by atoms with van der Waals surface area (Å²) in [7, 11) is 0. The molecule has 0 aliphatic carbocycles. The Kier molecular flexibility index (Phi) is 4.42. The number of alkyl halides is 2. The number of hydrogen-bond donors (Lipinski definition) is 1. The lowest BCUT2D eigenvalue weighted by atomic mass is 10.00. The standard InChI is InChI=1S/C16H21F2NO3/c1-15(2,3)22-14(21)19-10-16(17,18)9-12(19)13(20)11-7-5-4-6-8-11/h4-8,12-13,20H,9-10H2,1-3H3. The van der Waals surface area contributed by atoms with Crippen LogP contribution < -0.4 is 0 Å². The maximum atomic E-state index is 13.8. The number of hydrogen-bond acceptors (Lipinski definition) is 3. The van der Waals surface area contributed by atoms with Gasteiger partial charge in [0.25, 0.3) is 5.92 Å². The SMILES string of the molecule is CC(C)(C)OC(=O)N1CC(F)(F)CC1C(O)c1ccccc1. The molecule has 0 spiro atoms. The molecule has 1 saturated heterocycles. The van der Waals surface area contributed by atoms with E-state index in [1.807, 2.05) is 0 Å². The van der Waals surface area contributed by atoms with Crippen LogP contribution in [-0.4, -0.2) is 40.2 Å². The largest absolute Gasteiger partial charge is 0.444 e. The van der Waals surface area contributed by atoms with Gasteiger partial charge in [-0.05, 0) is 26.3 Å². The Balaban J connectivity index is 2.21. The van der Waals surface area contributed by atoms with Crippen LogP contribution in [0.1, 0.15) is 38.9 Å². The lowest BCUT2D eigenvalue weighted by Crippen LogP contribution is -2.42. The van der Waals surface area contributed by atoms with E-state index in [-0.39, 0.29) is 0 Å². The van der Waals surface area contributed by atoms with Crippen molar-refractivity contribution in [2.75, 3.05) is 6.54 Å². The van der Waals surface area contributed by atoms with E-state index in [2.05, 4.69) is 0 Å². The quantitative estimate of drug-likeness (QED) is 0.911. The molecule has 6 heteroatoms. The molecule has 1 aliphatic heterocycles. The monoisotopic (exact) mass is 313 g/mol. The number of rotatable bonds is 2. The third-order valence-corrected chi connectivity index (χ3v) is 3.44. The fraction of sp³-hybridized carbons (Fsp3) is 0.562. The Bertz CT molecular complexity index is 528. The Morgan fingerprint density at radius 2 is 1.95 bits per heavy atom. The molecule has 0 radical (unpaired) electrons. The Morgan fingerprint density at radius 3 is 2.50 bits per heavy atom. The molecule has 1 fully saturated rings. The van der Waals surface area contributed by atoms with Crippen LogP contribution in [0.4, 0.5) is 13.6 Å². The van der Waals surface area contributed by atoms with Crippen LogP contribution in [0, 0.1) is 0 Å². The van der Waals surface area contributed by atoms with Gasteiger partial charge in [-0.25, -0.2) is 13.6 Å². The van der Waals surface area contributed by atoms with Crippen molar-refractivity contribution in [3.63, 3.8) is 0 Å². The van der Waals surface area contributed by atoms with Crippen molar-refractivity contribution in [2.24, 2.45) is 0 Å². The van der Waals surface area contributed by atoms with Gasteiger partial charge in [-0.3, -0.25) is 4.90 Å². The van der Waals surface area contributed by atoms with E-state index in [1.165, 1.54) is 0 Å². The Labute approximate surface area is 128 Å². The molecule has 1 aromatic carbocycles. The maximum absolute atomic E-state index is 13.8. The summed E-state index contributed by atoms with van der Waals surface area (Å²) < 4.78 is 32.7. The topological polar surface area (TPSA) is 49.8 Å². The molecular weight excluding hydrogens is 292 g/mol. The molecule has 0 bridgehead atoms. The van der Waals surface area contributed by atoms with E-state index in [4.69, 9.17) is 4.74 Å². The lowest BCUT2D eigenvalue weighted by Gasteiger charge is -2.30. The van der Waals surface area contributed by atoms with Gasteiger partial charge in [-0.2, -0.15) is 0 Å². The van der Waals surface area contributed by atoms with E-state index in [0.717, 1.165) is 4.90 Å². The molecule has 4 nitrogen and oxygen atoms in total. The molecule has 2 atom stereocenters. The highest BCUT2D eigenvalue weighted by Gasteiger charge is 2.50. The second-order valence-electron chi connectivity index (χ2n) is 6.59. The molecule has 1 amide bonds. The number of aliphatic hydroxyl groups is 1. The molecule has 22 heavy (non-hydrogen) atoms. The number of ether oxygens (including phenoxy) is 1. The van der Waals surface area contributed by atoms with E-state index in [0.29, 0.717) is 5.56 Å². The van der Waals surface area contributed by atoms with Crippen molar-refractivity contribution in [3.8, 4) is 0 Å². The zero-order valence-electron chi connectivity index (χ0n) is 12.9. The van der Waals surface area contributed by atoms with Crippen LogP contribution in [-0.2, 0) is 4.74 Å². The summed E-state index contributed by atoms with van der Waals surface area (Å²) in [6.45, 7) is 4.27. The smallest absolute Gasteiger partial charge is 0.410 e. The number of halogens is 2. The van der Waals surface area contributed by atoms with Crippen LogP contribution in [0.15, 0.2) is 30.3 Å². The van der Waals surface area contributed by atoms with Crippen LogP contribution in [0.3, 0.4) is 0 Å². The highest BCUT2D eigenvalue weighted by molar-refractivity contribution is 5.69. The van der Waals surface area contributed by atoms with Gasteiger partial charge in [0.05, 0.1) is 18.7 Å². The molecule has 1 aliphatic rings. The van der Waals surface area contributed by atoms with Crippen LogP contribution in [0.2, 0.25) is 0 Å². The number of nitrogens with zero attached hydrogens (tertiary/aromatic N) is 1. The highest BCUT2D eigenvalue weighted by atomic mass is 19.3. The fourth-order valence-electron chi connectivity index (χ4n) is 2.52. The fourth-order valence-corrected chi connectivity index (χ4v) is 2.52. The molecule has 1 heterocycles. The van der Waals surface area contributed by atoms with Gasteiger partial charge in [0, 0.05) is 6.42 Å². The lowest BCUT2D eigenvalue weighted by molar-refractivity contribution is -0.00477. The summed E-state index contributed by atoms with van der Waals surface area (Å²) in [5, 5.41) is 10.4. The van der Waals surface area contributed by atoms with Crippen molar-refractivity contribution in [3.05, 3.63) is 35.9 Å². The molecule has 0 saturated carbocycles. The highest BCUT2D eigenvalue weighted by Crippen LogP contribution is 2.38. The van der Waals surface area contributed by atoms with Crippen molar-refractivity contribution >= 4 is 6.09 Å². The summed E-state index contributed by atoms with van der Waals surface area (Å²) in [5.41, 5.74) is -0.282. The van der Waals surface area contributed by atoms with Gasteiger partial charge >= 0.3 is 6.09 Å². The summed E-state index contributed by atoms with van der Waals surface area (Å²) in [4.78, 5) is 13.1. The average Bonchev–Trinajstić information content (AvgIpc) is 2.73. The zero-order chi connectivity index (χ0) is 16.5. The third kappa shape index (κ3) is 3.94. The van der Waals surface area contributed by atoms with Crippen LogP contribution in [0.25, 0.3) is 0 Å². The summed E-state index contributed by atoms with van der Waals surface area (Å²) in [6, 6.07) is 7.48. The van der Waals surface area contributed by atoms with Crippen molar-refractivity contribution in [2.45, 2.75) is 50.9 Å². The summed E-state index contributed by atoms with van der Waals surface area (Å²) in [6.07, 6.45) is -2.59. The molecular formula is C16H21F2NO3. The predicted octanol–water partition coefficient (Wildman–Crippen LogP) is 3.36. The molecule has 0 aromatic heterocycles. The molecule has 122 valence electrons. The van der Waals surface area contributed by atoms with E-state index in [9.17, 15) is 18.7 Å². The Morgan fingerprint density at radius 1 is 1.36 bits per heavy atom. The van der Waals surface area contributed by atoms with E-state index >= 15 is 0 Å². The van der Waals surface area contributed by atoms with Crippen molar-refractivity contribution in [1.29, 1.82) is 0 Å². The first-order chi connectivity index (χ1) is 10.1. The first-order valence-corrected chi connectivity index (χ1v) is 7.19. The van der Waals surface area contributed by atoms with Gasteiger partial charge in [0.2, 0.25) is 0 Å². The molecule has 1 N–H and O–H groups in total. The number of carbonyl (C=O) groups excluding carboxylic acids is 1. The van der Waals surface area contributed by atoms with Crippen LogP contribution in [0.5, 0.6) is 0 Å². The predicted molar refractivity (Wildman–Crippen MR) is 77.7 cm³/mol. The second kappa shape index (κ2) is 5.83. The van der Waals surface area contributed by atoms with Gasteiger partial charge in [0.1, 0.15) is 5.60 Å². The zero-order valence-corrected chi connectivity index (χ0v) is 12.9. The molecule has 2 rings (SSSR count). The third-order valence-electron chi connectivity index (χ3n) is 3.44. The first kappa shape index (κ1) is 16.7. The molecule has 1 aromatic rings. The number of carbonyl (C=O) groups is 1. The van der Waals surface area contributed by atoms with E-state index < -0.39 is 42.7 Å². The number of aliphatic hydroxyl groups excluding tert-OH is 1. The minimum Gasteiger partial charge on any atom is -0.444 e. The first-order valence-electron chi connectivity index (χ1n) is 7.19. The second-order valence-corrected chi connectivity index (χ2v) is 6.59. The van der Waals surface area contributed by atoms with E-state index in [1.54, 1.807) is 51.1 Å². The summed E-state index contributed by atoms with van der Waals surface area (Å²) >= 11 is 0. The molecule has 2 unspecified atom stereocenters. The van der Waals surface area contributed by atoms with Gasteiger partial charge in [-0.1, -0.05) is 30.3 Å². The Hall–Kier alpha value is -1.69. The maximum Gasteiger partial charge on any atom is 0.410 e. The van der Waals surface area contributed by atoms with Crippen molar-refractivity contribution in [1.82, 2.24) is 4.90 Å². The minimum atomic E-state index is -3.03. The van der Waals surface area contributed by atoms with Crippen LogP contribution >= 0.6 is 0 Å². The summed E-state index contributed by atoms with van der Waals surface area (Å²) in [5.74, 6) is -3.03. The number of amides is 1. The minimum absolute atomic E-state index is 0.499. The number of likely N-dealkylation sites (tertiary alicyclic amines) is 1. The number of benzene rings is 1. The van der Waals surface area contributed by atoms with Gasteiger partial charge in [0.15, 0.2) is 0 Å². The van der Waals surface area contributed by atoms with Gasteiger partial charge < -0.3 is 9.84 Å². The van der Waals surface area contributed by atoms with Gasteiger partial charge in [-0.15, -0.1) is 0 Å². The normalized spacial score (nSPS) is 22.5. The average molecular weight is 313 g/mol. The van der Waals surface area contributed by atoms with Crippen molar-refractivity contribution < 1.29 is 23.4 Å².